The van der Waals surface area contributed by atoms with Crippen molar-refractivity contribution in [3.05, 3.63) is 42.1 Å². The SMILES string of the molecule is CC(N)Cc1cccnc1N(C)Cc1nccn1C. The average molecular weight is 259 g/mol. The number of rotatable bonds is 5. The van der Waals surface area contributed by atoms with E-state index in [1.54, 1.807) is 0 Å². The van der Waals surface area contributed by atoms with E-state index in [-0.39, 0.29) is 6.04 Å². The molecule has 0 aliphatic rings. The summed E-state index contributed by atoms with van der Waals surface area (Å²) in [5, 5.41) is 0. The zero-order valence-corrected chi connectivity index (χ0v) is 11.7. The van der Waals surface area contributed by atoms with Crippen LogP contribution in [0.1, 0.15) is 18.3 Å². The number of anilines is 1. The molecule has 0 radical (unpaired) electrons. The number of imidazole rings is 1. The summed E-state index contributed by atoms with van der Waals surface area (Å²) in [4.78, 5) is 10.9. The van der Waals surface area contributed by atoms with Crippen LogP contribution in [0, 0.1) is 0 Å². The van der Waals surface area contributed by atoms with E-state index in [4.69, 9.17) is 5.73 Å². The molecule has 1 unspecified atom stereocenters. The third-order valence-corrected chi connectivity index (χ3v) is 3.07. The second-order valence-electron chi connectivity index (χ2n) is 4.98. The molecular formula is C14H21N5. The summed E-state index contributed by atoms with van der Waals surface area (Å²) >= 11 is 0. The van der Waals surface area contributed by atoms with Gasteiger partial charge in [-0.05, 0) is 25.0 Å². The maximum absolute atomic E-state index is 5.89. The largest absolute Gasteiger partial charge is 0.352 e. The minimum Gasteiger partial charge on any atom is -0.352 e. The summed E-state index contributed by atoms with van der Waals surface area (Å²) in [6.45, 7) is 2.74. The van der Waals surface area contributed by atoms with E-state index in [1.807, 2.05) is 50.2 Å². The monoisotopic (exact) mass is 259 g/mol. The summed E-state index contributed by atoms with van der Waals surface area (Å²) in [6, 6.07) is 4.17. The van der Waals surface area contributed by atoms with Crippen molar-refractivity contribution in [2.75, 3.05) is 11.9 Å². The van der Waals surface area contributed by atoms with Gasteiger partial charge in [0.05, 0.1) is 6.54 Å². The fraction of sp³-hybridized carbons (Fsp3) is 0.429. The van der Waals surface area contributed by atoms with Crippen molar-refractivity contribution in [1.82, 2.24) is 14.5 Å². The number of nitrogens with two attached hydrogens (primary N) is 1. The number of nitrogens with zero attached hydrogens (tertiary/aromatic N) is 4. The Morgan fingerprint density at radius 3 is 2.79 bits per heavy atom. The molecule has 5 heteroatoms. The molecule has 2 aromatic rings. The van der Waals surface area contributed by atoms with E-state index in [2.05, 4.69) is 20.9 Å². The quantitative estimate of drug-likeness (QED) is 0.880. The molecule has 0 bridgehead atoms. The molecular weight excluding hydrogens is 238 g/mol. The first-order valence-electron chi connectivity index (χ1n) is 6.44. The summed E-state index contributed by atoms with van der Waals surface area (Å²) < 4.78 is 2.02. The molecule has 2 heterocycles. The Kier molecular flexibility index (Phi) is 4.16. The second kappa shape index (κ2) is 5.84. The van der Waals surface area contributed by atoms with Gasteiger partial charge in [0.1, 0.15) is 11.6 Å². The van der Waals surface area contributed by atoms with Crippen molar-refractivity contribution in [3.63, 3.8) is 0 Å². The van der Waals surface area contributed by atoms with Crippen molar-refractivity contribution >= 4 is 5.82 Å². The van der Waals surface area contributed by atoms with Gasteiger partial charge in [-0.1, -0.05) is 6.07 Å². The molecule has 2 rings (SSSR count). The molecule has 0 saturated heterocycles. The predicted molar refractivity (Wildman–Crippen MR) is 76.9 cm³/mol. The number of hydrogen-bond acceptors (Lipinski definition) is 4. The van der Waals surface area contributed by atoms with E-state index in [0.29, 0.717) is 0 Å². The highest BCUT2D eigenvalue weighted by molar-refractivity contribution is 5.46. The van der Waals surface area contributed by atoms with Crippen molar-refractivity contribution in [1.29, 1.82) is 0 Å². The topological polar surface area (TPSA) is 60.0 Å². The van der Waals surface area contributed by atoms with Gasteiger partial charge in [-0.2, -0.15) is 0 Å². The summed E-state index contributed by atoms with van der Waals surface area (Å²) in [7, 11) is 4.03. The van der Waals surface area contributed by atoms with Crippen LogP contribution in [-0.2, 0) is 20.0 Å². The van der Waals surface area contributed by atoms with Gasteiger partial charge in [0, 0.05) is 38.7 Å². The van der Waals surface area contributed by atoms with Crippen LogP contribution in [0.3, 0.4) is 0 Å². The molecule has 0 spiro atoms. The third-order valence-electron chi connectivity index (χ3n) is 3.07. The van der Waals surface area contributed by atoms with Crippen LogP contribution >= 0.6 is 0 Å². The van der Waals surface area contributed by atoms with E-state index >= 15 is 0 Å². The lowest BCUT2D eigenvalue weighted by Gasteiger charge is -2.21. The lowest BCUT2D eigenvalue weighted by atomic mass is 10.1. The standard InChI is InChI=1S/C14H21N5/c1-11(15)9-12-5-4-6-17-14(12)19(3)10-13-16-7-8-18(13)2/h4-8,11H,9-10,15H2,1-3H3. The fourth-order valence-electron chi connectivity index (χ4n) is 2.12. The molecule has 5 nitrogen and oxygen atoms in total. The van der Waals surface area contributed by atoms with Crippen LogP contribution in [0.2, 0.25) is 0 Å². The molecule has 0 amide bonds. The van der Waals surface area contributed by atoms with E-state index in [9.17, 15) is 0 Å². The zero-order valence-electron chi connectivity index (χ0n) is 11.7. The number of hydrogen-bond donors (Lipinski definition) is 1. The van der Waals surface area contributed by atoms with Crippen LogP contribution in [0.5, 0.6) is 0 Å². The van der Waals surface area contributed by atoms with Gasteiger partial charge in [0.15, 0.2) is 0 Å². The smallest absolute Gasteiger partial charge is 0.131 e. The highest BCUT2D eigenvalue weighted by atomic mass is 15.2. The van der Waals surface area contributed by atoms with E-state index in [1.165, 1.54) is 5.56 Å². The van der Waals surface area contributed by atoms with Crippen LogP contribution in [0.4, 0.5) is 5.82 Å². The highest BCUT2D eigenvalue weighted by Gasteiger charge is 2.12. The zero-order chi connectivity index (χ0) is 13.8. The molecule has 102 valence electrons. The first-order valence-corrected chi connectivity index (χ1v) is 6.44. The minimum absolute atomic E-state index is 0.129. The molecule has 19 heavy (non-hydrogen) atoms. The first kappa shape index (κ1) is 13.5. The first-order chi connectivity index (χ1) is 9.08. The summed E-state index contributed by atoms with van der Waals surface area (Å²) in [6.07, 6.45) is 6.40. The maximum atomic E-state index is 5.89. The van der Waals surface area contributed by atoms with Gasteiger partial charge in [0.25, 0.3) is 0 Å². The van der Waals surface area contributed by atoms with Crippen molar-refractivity contribution in [3.8, 4) is 0 Å². The number of aryl methyl sites for hydroxylation is 1. The molecule has 1 atom stereocenters. The van der Waals surface area contributed by atoms with Gasteiger partial charge in [0.2, 0.25) is 0 Å². The van der Waals surface area contributed by atoms with Gasteiger partial charge in [-0.15, -0.1) is 0 Å². The Morgan fingerprint density at radius 2 is 2.16 bits per heavy atom. The second-order valence-corrected chi connectivity index (χ2v) is 4.98. The van der Waals surface area contributed by atoms with Crippen molar-refractivity contribution < 1.29 is 0 Å². The fourth-order valence-corrected chi connectivity index (χ4v) is 2.12. The van der Waals surface area contributed by atoms with Crippen LogP contribution < -0.4 is 10.6 Å². The van der Waals surface area contributed by atoms with E-state index < -0.39 is 0 Å². The summed E-state index contributed by atoms with van der Waals surface area (Å²) in [5.74, 6) is 1.99. The molecule has 0 aliphatic heterocycles. The van der Waals surface area contributed by atoms with Gasteiger partial charge >= 0.3 is 0 Å². The maximum Gasteiger partial charge on any atom is 0.131 e. The highest BCUT2D eigenvalue weighted by Crippen LogP contribution is 2.18. The number of pyridine rings is 1. The predicted octanol–water partition coefficient (Wildman–Crippen LogP) is 1.34. The minimum atomic E-state index is 0.129. The van der Waals surface area contributed by atoms with E-state index in [0.717, 1.165) is 24.6 Å². The van der Waals surface area contributed by atoms with Gasteiger partial charge < -0.3 is 15.2 Å². The molecule has 0 fully saturated rings. The van der Waals surface area contributed by atoms with Gasteiger partial charge in [-0.3, -0.25) is 0 Å². The lowest BCUT2D eigenvalue weighted by molar-refractivity contribution is 0.719. The van der Waals surface area contributed by atoms with Crippen molar-refractivity contribution in [2.45, 2.75) is 25.9 Å². The molecule has 0 aliphatic carbocycles. The Labute approximate surface area is 114 Å². The lowest BCUT2D eigenvalue weighted by Crippen LogP contribution is -2.24. The molecule has 0 saturated carbocycles. The van der Waals surface area contributed by atoms with Crippen LogP contribution in [-0.4, -0.2) is 27.6 Å². The Bertz CT molecular complexity index is 532. The third kappa shape index (κ3) is 3.32. The molecule has 2 N–H and O–H groups in total. The molecule has 2 aromatic heterocycles. The average Bonchev–Trinajstić information content (AvgIpc) is 2.75. The molecule has 0 aromatic carbocycles. The van der Waals surface area contributed by atoms with Crippen LogP contribution in [0.15, 0.2) is 30.7 Å². The van der Waals surface area contributed by atoms with Gasteiger partial charge in [-0.25, -0.2) is 9.97 Å². The Balaban J connectivity index is 2.19. The summed E-state index contributed by atoms with van der Waals surface area (Å²) in [5.41, 5.74) is 7.07. The number of aromatic nitrogens is 3. The van der Waals surface area contributed by atoms with Crippen molar-refractivity contribution in [2.24, 2.45) is 12.8 Å². The Hall–Kier alpha value is -1.88. The van der Waals surface area contributed by atoms with Crippen LogP contribution in [0.25, 0.3) is 0 Å². The normalized spacial score (nSPS) is 12.4. The Morgan fingerprint density at radius 1 is 1.37 bits per heavy atom.